The van der Waals surface area contributed by atoms with E-state index in [-0.39, 0.29) is 0 Å². The number of aryl methyl sites for hydroxylation is 2. The lowest BCUT2D eigenvalue weighted by atomic mass is 10.0. The van der Waals surface area contributed by atoms with Gasteiger partial charge in [0.2, 0.25) is 0 Å². The molecule has 0 atom stereocenters. The van der Waals surface area contributed by atoms with Gasteiger partial charge in [0.05, 0.1) is 11.8 Å². The molecule has 114 valence electrons. The molecule has 0 aliphatic heterocycles. The van der Waals surface area contributed by atoms with Crippen LogP contribution in [0.5, 0.6) is 0 Å². The van der Waals surface area contributed by atoms with E-state index in [0.717, 1.165) is 32.7 Å². The van der Waals surface area contributed by atoms with Crippen molar-refractivity contribution >= 4 is 0 Å². The third-order valence-corrected chi connectivity index (χ3v) is 3.88. The quantitative estimate of drug-likeness (QED) is 0.743. The van der Waals surface area contributed by atoms with Crippen molar-refractivity contribution in [2.75, 3.05) is 19.7 Å². The van der Waals surface area contributed by atoms with Gasteiger partial charge in [-0.05, 0) is 59.4 Å². The van der Waals surface area contributed by atoms with Crippen LogP contribution in [0.15, 0.2) is 0 Å². The highest BCUT2D eigenvalue weighted by Gasteiger charge is 2.17. The molecular weight excluding hydrogens is 250 g/mol. The predicted octanol–water partition coefficient (Wildman–Crippen LogP) is 2.48. The molecule has 1 aromatic heterocycles. The molecule has 4 heteroatoms. The summed E-state index contributed by atoms with van der Waals surface area (Å²) in [6, 6.07) is 0. The topological polar surface area (TPSA) is 39.1 Å². The molecule has 0 radical (unpaired) electrons. The maximum Gasteiger partial charge on any atom is 0.106 e. The van der Waals surface area contributed by atoms with Crippen molar-refractivity contribution in [3.8, 4) is 0 Å². The predicted molar refractivity (Wildman–Crippen MR) is 82.2 cm³/mol. The second-order valence-electron chi connectivity index (χ2n) is 5.93. The summed E-state index contributed by atoms with van der Waals surface area (Å²) < 4.78 is 7.94. The van der Waals surface area contributed by atoms with Gasteiger partial charge in [0.1, 0.15) is 5.82 Å². The summed E-state index contributed by atoms with van der Waals surface area (Å²) in [5.41, 5.74) is 2.83. The zero-order valence-electron chi connectivity index (χ0n) is 13.2. The van der Waals surface area contributed by atoms with E-state index >= 15 is 0 Å². The van der Waals surface area contributed by atoms with Crippen molar-refractivity contribution in [1.82, 2.24) is 14.9 Å². The van der Waals surface area contributed by atoms with E-state index in [2.05, 4.69) is 30.7 Å². The van der Waals surface area contributed by atoms with E-state index in [0.29, 0.717) is 6.10 Å². The Hall–Kier alpha value is -0.870. The number of ether oxygens (including phenoxy) is 1. The second-order valence-corrected chi connectivity index (χ2v) is 5.93. The molecule has 0 bridgehead atoms. The molecule has 0 fully saturated rings. The van der Waals surface area contributed by atoms with Crippen molar-refractivity contribution < 1.29 is 4.74 Å². The van der Waals surface area contributed by atoms with Crippen LogP contribution in [0.4, 0.5) is 0 Å². The Morgan fingerprint density at radius 3 is 2.85 bits per heavy atom. The Labute approximate surface area is 122 Å². The van der Waals surface area contributed by atoms with Gasteiger partial charge in [0, 0.05) is 25.4 Å². The monoisotopic (exact) mass is 279 g/mol. The lowest BCUT2D eigenvalue weighted by Crippen LogP contribution is -2.24. The smallest absolute Gasteiger partial charge is 0.106 e. The molecule has 1 aliphatic carbocycles. The number of nitrogens with one attached hydrogen (secondary N) is 1. The largest absolute Gasteiger partial charge is 0.379 e. The Bertz CT molecular complexity index is 412. The first-order valence-electron chi connectivity index (χ1n) is 8.05. The van der Waals surface area contributed by atoms with Gasteiger partial charge in [-0.1, -0.05) is 0 Å². The summed E-state index contributed by atoms with van der Waals surface area (Å²) in [7, 11) is 0. The second kappa shape index (κ2) is 7.79. The zero-order chi connectivity index (χ0) is 14.4. The molecule has 1 aromatic rings. The fourth-order valence-corrected chi connectivity index (χ4v) is 2.86. The number of imidazole rings is 1. The van der Waals surface area contributed by atoms with Crippen molar-refractivity contribution in [3.63, 3.8) is 0 Å². The van der Waals surface area contributed by atoms with Gasteiger partial charge in [0.25, 0.3) is 0 Å². The van der Waals surface area contributed by atoms with Crippen LogP contribution in [-0.2, 0) is 24.1 Å². The first-order chi connectivity index (χ1) is 9.68. The lowest BCUT2D eigenvalue weighted by molar-refractivity contribution is 0.0771. The van der Waals surface area contributed by atoms with Crippen LogP contribution in [-0.4, -0.2) is 35.4 Å². The van der Waals surface area contributed by atoms with E-state index in [1.54, 1.807) is 0 Å². The van der Waals surface area contributed by atoms with Gasteiger partial charge in [-0.25, -0.2) is 4.98 Å². The number of nitrogens with zero attached hydrogens (tertiary/aromatic N) is 2. The molecule has 2 rings (SSSR count). The van der Waals surface area contributed by atoms with Gasteiger partial charge in [-0.2, -0.15) is 0 Å². The standard InChI is InChI=1S/C16H29N3O/c1-13(2)20-12-6-9-17-10-11-19-14(3)18-15-7-4-5-8-16(15)19/h13,17H,4-12H2,1-3H3. The van der Waals surface area contributed by atoms with Crippen molar-refractivity contribution in [2.24, 2.45) is 0 Å². The summed E-state index contributed by atoms with van der Waals surface area (Å²) >= 11 is 0. The molecule has 4 nitrogen and oxygen atoms in total. The third kappa shape index (κ3) is 4.32. The molecule has 0 spiro atoms. The first kappa shape index (κ1) is 15.5. The Kier molecular flexibility index (Phi) is 6.05. The summed E-state index contributed by atoms with van der Waals surface area (Å²) in [6.07, 6.45) is 6.42. The number of hydrogen-bond donors (Lipinski definition) is 1. The molecule has 1 aliphatic rings. The molecule has 0 saturated carbocycles. The van der Waals surface area contributed by atoms with E-state index in [1.165, 1.54) is 42.9 Å². The normalized spacial score (nSPS) is 14.8. The molecule has 0 unspecified atom stereocenters. The van der Waals surface area contributed by atoms with Crippen molar-refractivity contribution in [2.45, 2.75) is 65.5 Å². The molecule has 20 heavy (non-hydrogen) atoms. The highest BCUT2D eigenvalue weighted by molar-refractivity contribution is 5.19. The van der Waals surface area contributed by atoms with Gasteiger partial charge < -0.3 is 14.6 Å². The average Bonchev–Trinajstić information content (AvgIpc) is 2.73. The maximum absolute atomic E-state index is 5.53. The van der Waals surface area contributed by atoms with Gasteiger partial charge in [-0.3, -0.25) is 0 Å². The number of hydrogen-bond acceptors (Lipinski definition) is 3. The summed E-state index contributed by atoms with van der Waals surface area (Å²) in [6.45, 7) is 10.2. The third-order valence-electron chi connectivity index (χ3n) is 3.88. The minimum Gasteiger partial charge on any atom is -0.379 e. The average molecular weight is 279 g/mol. The van der Waals surface area contributed by atoms with E-state index in [9.17, 15) is 0 Å². The number of aromatic nitrogens is 2. The molecule has 0 saturated heterocycles. The zero-order valence-corrected chi connectivity index (χ0v) is 13.2. The molecule has 0 amide bonds. The van der Waals surface area contributed by atoms with Crippen molar-refractivity contribution in [3.05, 3.63) is 17.2 Å². The summed E-state index contributed by atoms with van der Waals surface area (Å²) in [4.78, 5) is 4.71. The van der Waals surface area contributed by atoms with Crippen LogP contribution in [0.25, 0.3) is 0 Å². The van der Waals surface area contributed by atoms with Gasteiger partial charge >= 0.3 is 0 Å². The maximum atomic E-state index is 5.53. The Morgan fingerprint density at radius 2 is 2.05 bits per heavy atom. The molecular formula is C16H29N3O. The first-order valence-corrected chi connectivity index (χ1v) is 8.05. The number of rotatable bonds is 8. The van der Waals surface area contributed by atoms with Crippen molar-refractivity contribution in [1.29, 1.82) is 0 Å². The van der Waals surface area contributed by atoms with Gasteiger partial charge in [-0.15, -0.1) is 0 Å². The fourth-order valence-electron chi connectivity index (χ4n) is 2.86. The van der Waals surface area contributed by atoms with E-state index in [4.69, 9.17) is 9.72 Å². The molecule has 1 heterocycles. The van der Waals surface area contributed by atoms with Gasteiger partial charge in [0.15, 0.2) is 0 Å². The molecule has 1 N–H and O–H groups in total. The summed E-state index contributed by atoms with van der Waals surface area (Å²) in [5.74, 6) is 1.18. The SMILES string of the molecule is Cc1nc2c(n1CCNCCCOC(C)C)CCCC2. The minimum absolute atomic E-state index is 0.343. The Balaban J connectivity index is 1.68. The Morgan fingerprint density at radius 1 is 1.25 bits per heavy atom. The fraction of sp³-hybridized carbons (Fsp3) is 0.812. The van der Waals surface area contributed by atoms with E-state index < -0.39 is 0 Å². The van der Waals surface area contributed by atoms with Crippen LogP contribution in [0.1, 0.15) is 50.3 Å². The minimum atomic E-state index is 0.343. The van der Waals surface area contributed by atoms with Crippen LogP contribution >= 0.6 is 0 Å². The molecule has 0 aromatic carbocycles. The van der Waals surface area contributed by atoms with Crippen LogP contribution in [0, 0.1) is 6.92 Å². The van der Waals surface area contributed by atoms with Crippen LogP contribution in [0.3, 0.4) is 0 Å². The van der Waals surface area contributed by atoms with Crippen LogP contribution in [0.2, 0.25) is 0 Å². The van der Waals surface area contributed by atoms with E-state index in [1.807, 2.05) is 0 Å². The van der Waals surface area contributed by atoms with Crippen LogP contribution < -0.4 is 5.32 Å². The lowest BCUT2D eigenvalue weighted by Gasteiger charge is -2.15. The highest BCUT2D eigenvalue weighted by atomic mass is 16.5. The number of fused-ring (bicyclic) bond motifs is 1. The summed E-state index contributed by atoms with van der Waals surface area (Å²) in [5, 5.41) is 3.50. The highest BCUT2D eigenvalue weighted by Crippen LogP contribution is 2.21.